The van der Waals surface area contributed by atoms with Gasteiger partial charge < -0.3 is 14.5 Å². The minimum absolute atomic E-state index is 0.255. The maximum atomic E-state index is 12.7. The molecule has 29 heavy (non-hydrogen) atoms. The number of carbonyl (C=O) groups excluding carboxylic acids is 1. The predicted octanol–water partition coefficient (Wildman–Crippen LogP) is 1.55. The molecule has 2 atom stereocenters. The lowest BCUT2D eigenvalue weighted by molar-refractivity contribution is -0.898. The molecule has 0 aliphatic carbocycles. The molecule has 2 aromatic rings. The van der Waals surface area contributed by atoms with Crippen LogP contribution in [0.15, 0.2) is 24.3 Å². The number of esters is 1. The van der Waals surface area contributed by atoms with E-state index in [2.05, 4.69) is 17.9 Å². The number of benzene rings is 1. The number of ether oxygens (including phenoxy) is 1. The first-order valence-corrected chi connectivity index (χ1v) is 10.5. The molecule has 7 nitrogen and oxygen atoms in total. The third kappa shape index (κ3) is 4.83. The molecule has 3 rings (SSSR count). The summed E-state index contributed by atoms with van der Waals surface area (Å²) in [6.07, 6.45) is 0.912. The Morgan fingerprint density at radius 1 is 1.24 bits per heavy atom. The van der Waals surface area contributed by atoms with Gasteiger partial charge in [-0.3, -0.25) is 4.79 Å². The van der Waals surface area contributed by atoms with Gasteiger partial charge in [-0.05, 0) is 25.0 Å². The van der Waals surface area contributed by atoms with Crippen LogP contribution in [-0.2, 0) is 9.53 Å². The van der Waals surface area contributed by atoms with Gasteiger partial charge in [-0.25, -0.2) is 9.97 Å². The van der Waals surface area contributed by atoms with Crippen molar-refractivity contribution in [1.29, 1.82) is 5.26 Å². The van der Waals surface area contributed by atoms with Gasteiger partial charge in [-0.2, -0.15) is 5.26 Å². The third-order valence-corrected chi connectivity index (χ3v) is 5.69. The quantitative estimate of drug-likeness (QED) is 0.715. The van der Waals surface area contributed by atoms with Crippen LogP contribution in [0.25, 0.3) is 11.0 Å². The molecule has 1 aromatic heterocycles. The molecule has 0 radical (unpaired) electrons. The van der Waals surface area contributed by atoms with E-state index in [0.29, 0.717) is 23.6 Å². The molecule has 0 amide bonds. The van der Waals surface area contributed by atoms with Crippen molar-refractivity contribution in [1.82, 2.24) is 9.97 Å². The summed E-state index contributed by atoms with van der Waals surface area (Å²) in [5.74, 6) is -0.740. The van der Waals surface area contributed by atoms with Crippen molar-refractivity contribution in [2.75, 3.05) is 44.2 Å². The highest BCUT2D eigenvalue weighted by molar-refractivity contribution is 5.85. The largest absolute Gasteiger partial charge is 0.464 e. The highest BCUT2D eigenvalue weighted by Crippen LogP contribution is 2.28. The van der Waals surface area contributed by atoms with E-state index >= 15 is 0 Å². The number of likely N-dealkylation sites (N-methyl/N-ethyl adjacent to an activating group) is 1. The second-order valence-corrected chi connectivity index (χ2v) is 7.72. The summed E-state index contributed by atoms with van der Waals surface area (Å²) < 4.78 is 5.44. The average molecular weight is 397 g/mol. The van der Waals surface area contributed by atoms with Gasteiger partial charge in [0, 0.05) is 0 Å². The number of quaternary nitrogens is 1. The van der Waals surface area contributed by atoms with Gasteiger partial charge in [0.25, 0.3) is 0 Å². The number of anilines is 1. The summed E-state index contributed by atoms with van der Waals surface area (Å²) in [6.45, 7) is 11.3. The van der Waals surface area contributed by atoms with Crippen LogP contribution in [0.2, 0.25) is 0 Å². The Morgan fingerprint density at radius 3 is 2.48 bits per heavy atom. The van der Waals surface area contributed by atoms with Crippen LogP contribution in [-0.4, -0.2) is 55.3 Å². The molecule has 1 aliphatic rings. The molecule has 0 bridgehead atoms. The molecular weight excluding hydrogens is 366 g/mol. The van der Waals surface area contributed by atoms with Crippen molar-refractivity contribution in [2.24, 2.45) is 5.92 Å². The zero-order valence-corrected chi connectivity index (χ0v) is 17.5. The molecule has 7 heteroatoms. The molecule has 154 valence electrons. The number of piperazine rings is 1. The minimum Gasteiger partial charge on any atom is -0.464 e. The van der Waals surface area contributed by atoms with E-state index in [-0.39, 0.29) is 5.92 Å². The standard InChI is InChI=1S/C22H29N5O2/c1-4-16(3)15-29-22(28)17(14-23)20-21(27-12-10-26(5-2)11-13-27)25-19-9-7-6-8-18(19)24-20/h6-9,16-17H,4-5,10-13,15H2,1-3H3/p+1/t16-,17-/m0/s1. The van der Waals surface area contributed by atoms with Gasteiger partial charge >= 0.3 is 5.97 Å². The van der Waals surface area contributed by atoms with Crippen LogP contribution >= 0.6 is 0 Å². The van der Waals surface area contributed by atoms with Crippen LogP contribution in [0, 0.1) is 17.2 Å². The van der Waals surface area contributed by atoms with Gasteiger partial charge in [-0.15, -0.1) is 0 Å². The van der Waals surface area contributed by atoms with Crippen molar-refractivity contribution in [2.45, 2.75) is 33.1 Å². The van der Waals surface area contributed by atoms with Crippen LogP contribution in [0.5, 0.6) is 0 Å². The van der Waals surface area contributed by atoms with E-state index in [9.17, 15) is 10.1 Å². The minimum atomic E-state index is -1.08. The number of nitrogens with one attached hydrogen (secondary N) is 1. The van der Waals surface area contributed by atoms with Crippen LogP contribution in [0.1, 0.15) is 38.8 Å². The van der Waals surface area contributed by atoms with Gasteiger partial charge in [0.2, 0.25) is 0 Å². The second-order valence-electron chi connectivity index (χ2n) is 7.72. The fourth-order valence-electron chi connectivity index (χ4n) is 3.47. The number of aromatic nitrogens is 2. The number of nitrogens with zero attached hydrogens (tertiary/aromatic N) is 4. The Kier molecular flexibility index (Phi) is 6.99. The maximum Gasteiger partial charge on any atom is 0.329 e. The van der Waals surface area contributed by atoms with Gasteiger partial charge in [0.1, 0.15) is 5.69 Å². The van der Waals surface area contributed by atoms with Gasteiger partial charge in [0.15, 0.2) is 11.7 Å². The van der Waals surface area contributed by atoms with Crippen LogP contribution < -0.4 is 9.80 Å². The van der Waals surface area contributed by atoms with Crippen LogP contribution in [0.3, 0.4) is 0 Å². The van der Waals surface area contributed by atoms with E-state index in [1.165, 1.54) is 0 Å². The highest BCUT2D eigenvalue weighted by Gasteiger charge is 2.32. The lowest BCUT2D eigenvalue weighted by Crippen LogP contribution is -3.14. The molecule has 1 saturated heterocycles. The number of hydrogen-bond acceptors (Lipinski definition) is 6. The zero-order chi connectivity index (χ0) is 20.8. The Hall–Kier alpha value is -2.72. The first kappa shape index (κ1) is 21.0. The topological polar surface area (TPSA) is 83.5 Å². The van der Waals surface area contributed by atoms with E-state index in [0.717, 1.165) is 44.7 Å². The number of fused-ring (bicyclic) bond motifs is 1. The van der Waals surface area contributed by atoms with E-state index in [1.807, 2.05) is 38.1 Å². The first-order chi connectivity index (χ1) is 14.1. The molecule has 1 aromatic carbocycles. The fraction of sp³-hybridized carbons (Fsp3) is 0.545. The molecule has 0 spiro atoms. The Bertz CT molecular complexity index is 886. The van der Waals surface area contributed by atoms with Crippen molar-refractivity contribution in [3.63, 3.8) is 0 Å². The van der Waals surface area contributed by atoms with E-state index in [4.69, 9.17) is 14.7 Å². The van der Waals surface area contributed by atoms with Gasteiger partial charge in [-0.1, -0.05) is 32.4 Å². The smallest absolute Gasteiger partial charge is 0.329 e. The van der Waals surface area contributed by atoms with Crippen molar-refractivity contribution >= 4 is 22.8 Å². The van der Waals surface area contributed by atoms with Crippen LogP contribution in [0.4, 0.5) is 5.82 Å². The Balaban J connectivity index is 1.95. The normalized spacial score (nSPS) is 17.0. The van der Waals surface area contributed by atoms with Crippen molar-refractivity contribution in [3.05, 3.63) is 30.0 Å². The van der Waals surface area contributed by atoms with Gasteiger partial charge in [0.05, 0.1) is 56.4 Å². The highest BCUT2D eigenvalue weighted by atomic mass is 16.5. The summed E-state index contributed by atoms with van der Waals surface area (Å²) in [6, 6.07) is 9.68. The number of para-hydroxylation sites is 2. The number of nitriles is 1. The predicted molar refractivity (Wildman–Crippen MR) is 112 cm³/mol. The number of hydrogen-bond donors (Lipinski definition) is 1. The molecule has 2 heterocycles. The van der Waals surface area contributed by atoms with Crippen molar-refractivity contribution in [3.8, 4) is 6.07 Å². The monoisotopic (exact) mass is 396 g/mol. The lowest BCUT2D eigenvalue weighted by Gasteiger charge is -2.33. The summed E-state index contributed by atoms with van der Waals surface area (Å²) >= 11 is 0. The number of rotatable bonds is 7. The Morgan fingerprint density at radius 2 is 1.90 bits per heavy atom. The fourth-order valence-corrected chi connectivity index (χ4v) is 3.47. The summed E-state index contributed by atoms with van der Waals surface area (Å²) in [7, 11) is 0. The third-order valence-electron chi connectivity index (χ3n) is 5.69. The average Bonchev–Trinajstić information content (AvgIpc) is 2.77. The second kappa shape index (κ2) is 9.66. The lowest BCUT2D eigenvalue weighted by atomic mass is 10.1. The molecular formula is C22H30N5O2+. The molecule has 0 unspecified atom stereocenters. The van der Waals surface area contributed by atoms with E-state index < -0.39 is 11.9 Å². The summed E-state index contributed by atoms with van der Waals surface area (Å²) in [4.78, 5) is 25.9. The molecule has 1 fully saturated rings. The van der Waals surface area contributed by atoms with E-state index in [1.54, 1.807) is 4.90 Å². The molecule has 1 aliphatic heterocycles. The number of carbonyl (C=O) groups is 1. The summed E-state index contributed by atoms with van der Waals surface area (Å²) in [5, 5.41) is 9.81. The zero-order valence-electron chi connectivity index (χ0n) is 17.5. The SMILES string of the molecule is CC[C@H](C)COC(=O)[C@@H](C#N)c1nc2ccccc2nc1N1CC[NH+](CC)CC1. The molecule has 0 saturated carbocycles. The first-order valence-electron chi connectivity index (χ1n) is 10.5. The molecule has 1 N–H and O–H groups in total. The summed E-state index contributed by atoms with van der Waals surface area (Å²) in [5.41, 5.74) is 1.85. The van der Waals surface area contributed by atoms with Crippen molar-refractivity contribution < 1.29 is 14.4 Å². The maximum absolute atomic E-state index is 12.7. The Labute approximate surface area is 172 Å².